The van der Waals surface area contributed by atoms with Crippen LogP contribution in [0.3, 0.4) is 0 Å². The lowest BCUT2D eigenvalue weighted by Crippen LogP contribution is -2.39. The number of hydrogen-bond donors (Lipinski definition) is 3. The van der Waals surface area contributed by atoms with E-state index in [4.69, 9.17) is 19.9 Å². The van der Waals surface area contributed by atoms with E-state index >= 15 is 0 Å². The van der Waals surface area contributed by atoms with Crippen LogP contribution in [-0.4, -0.2) is 51.1 Å². The molecule has 4 N–H and O–H groups in total. The average Bonchev–Trinajstić information content (AvgIpc) is 2.96. The van der Waals surface area contributed by atoms with E-state index in [9.17, 15) is 5.11 Å². The van der Waals surface area contributed by atoms with E-state index in [1.807, 2.05) is 18.2 Å². The Morgan fingerprint density at radius 3 is 2.77 bits per heavy atom. The number of guanidine groups is 1. The molecule has 1 aromatic rings. The number of aliphatic hydroxyl groups is 1. The van der Waals surface area contributed by atoms with Gasteiger partial charge in [-0.2, -0.15) is 0 Å². The van der Waals surface area contributed by atoms with Crippen molar-refractivity contribution in [2.24, 2.45) is 22.1 Å². The third-order valence-corrected chi connectivity index (χ3v) is 5.74. The van der Waals surface area contributed by atoms with Gasteiger partial charge in [-0.15, -0.1) is 0 Å². The molecule has 0 radical (unpaired) electrons. The Hall–Kier alpha value is -1.99. The third kappa shape index (κ3) is 3.88. The first-order valence-corrected chi connectivity index (χ1v) is 9.13. The first kappa shape index (κ1) is 18.8. The molecule has 2 unspecified atom stereocenters. The number of ether oxygens (including phenoxy) is 3. The van der Waals surface area contributed by atoms with Crippen molar-refractivity contribution >= 4 is 11.6 Å². The molecule has 0 bridgehead atoms. The van der Waals surface area contributed by atoms with Gasteiger partial charge in [-0.3, -0.25) is 4.99 Å². The highest BCUT2D eigenvalue weighted by Crippen LogP contribution is 2.48. The van der Waals surface area contributed by atoms with Gasteiger partial charge in [0.1, 0.15) is 11.5 Å². The molecule has 0 aromatic heterocycles. The smallest absolute Gasteiger partial charge is 0.193 e. The highest BCUT2D eigenvalue weighted by molar-refractivity contribution is 5.94. The molecular weight excluding hydrogens is 334 g/mol. The highest BCUT2D eigenvalue weighted by atomic mass is 16.5. The predicted octanol–water partition coefficient (Wildman–Crippen LogP) is 2.00. The molecule has 0 amide bonds. The molecule has 2 aliphatic rings. The lowest BCUT2D eigenvalue weighted by atomic mass is 9.76. The molecule has 1 aromatic carbocycles. The summed E-state index contributed by atoms with van der Waals surface area (Å²) in [5, 5.41) is 13.9. The standard InChI is InChI=1S/C19H29N3O4/c1-24-14-3-4-16(25-2)15(11-14)22-18(20)21-12-13-5-6-19(17(13)23)7-9-26-10-8-19/h3-4,11,13,17,23H,5-10,12H2,1-2H3,(H3,20,21,22). The van der Waals surface area contributed by atoms with Crippen molar-refractivity contribution in [1.29, 1.82) is 0 Å². The van der Waals surface area contributed by atoms with Crippen molar-refractivity contribution in [1.82, 2.24) is 0 Å². The summed E-state index contributed by atoms with van der Waals surface area (Å²) in [7, 11) is 3.21. The van der Waals surface area contributed by atoms with Gasteiger partial charge in [0.05, 0.1) is 26.0 Å². The molecule has 1 heterocycles. The van der Waals surface area contributed by atoms with Crippen molar-refractivity contribution in [3.8, 4) is 11.5 Å². The molecule has 2 fully saturated rings. The van der Waals surface area contributed by atoms with Gasteiger partial charge < -0.3 is 30.4 Å². The molecule has 1 saturated heterocycles. The first-order valence-electron chi connectivity index (χ1n) is 9.13. The number of methoxy groups -OCH3 is 2. The fraction of sp³-hybridized carbons (Fsp3) is 0.632. The number of nitrogens with one attached hydrogen (secondary N) is 1. The van der Waals surface area contributed by atoms with Crippen LogP contribution in [0.5, 0.6) is 11.5 Å². The molecule has 144 valence electrons. The van der Waals surface area contributed by atoms with Crippen LogP contribution in [0.15, 0.2) is 23.2 Å². The minimum absolute atomic E-state index is 0.0106. The normalized spacial score (nSPS) is 25.3. The molecule has 1 spiro atoms. The van der Waals surface area contributed by atoms with Crippen molar-refractivity contribution in [3.05, 3.63) is 18.2 Å². The largest absolute Gasteiger partial charge is 0.497 e. The van der Waals surface area contributed by atoms with Crippen LogP contribution < -0.4 is 20.5 Å². The minimum Gasteiger partial charge on any atom is -0.497 e. The zero-order valence-electron chi connectivity index (χ0n) is 15.5. The zero-order chi connectivity index (χ0) is 18.6. The summed E-state index contributed by atoms with van der Waals surface area (Å²) in [4.78, 5) is 4.46. The van der Waals surface area contributed by atoms with E-state index in [2.05, 4.69) is 10.3 Å². The number of aliphatic hydroxyl groups excluding tert-OH is 1. The molecule has 7 nitrogen and oxygen atoms in total. The van der Waals surface area contributed by atoms with Crippen LogP contribution in [0.25, 0.3) is 0 Å². The minimum atomic E-state index is -0.339. The number of nitrogens with zero attached hydrogens (tertiary/aromatic N) is 1. The Labute approximate surface area is 154 Å². The topological polar surface area (TPSA) is 98.3 Å². The molecule has 1 aliphatic carbocycles. The quantitative estimate of drug-likeness (QED) is 0.547. The SMILES string of the molecule is COc1ccc(OC)c(NC(N)=NCC2CCC3(CCOCC3)C2O)c1. The summed E-state index contributed by atoms with van der Waals surface area (Å²) in [6.45, 7) is 1.99. The van der Waals surface area contributed by atoms with Gasteiger partial charge in [0.25, 0.3) is 0 Å². The van der Waals surface area contributed by atoms with Crippen molar-refractivity contribution in [2.45, 2.75) is 31.8 Å². The summed E-state index contributed by atoms with van der Waals surface area (Å²) >= 11 is 0. The highest BCUT2D eigenvalue weighted by Gasteiger charge is 2.47. The monoisotopic (exact) mass is 363 g/mol. The van der Waals surface area contributed by atoms with Gasteiger partial charge in [0.2, 0.25) is 0 Å². The molecule has 3 rings (SSSR count). The summed E-state index contributed by atoms with van der Waals surface area (Å²) in [5.41, 5.74) is 6.76. The van der Waals surface area contributed by atoms with E-state index in [0.717, 1.165) is 38.9 Å². The first-order chi connectivity index (χ1) is 12.6. The number of rotatable bonds is 5. The van der Waals surface area contributed by atoms with Gasteiger partial charge in [-0.25, -0.2) is 0 Å². The average molecular weight is 363 g/mol. The van der Waals surface area contributed by atoms with Gasteiger partial charge in [0.15, 0.2) is 5.96 Å². The van der Waals surface area contributed by atoms with Crippen LogP contribution in [0, 0.1) is 11.3 Å². The third-order valence-electron chi connectivity index (χ3n) is 5.74. The van der Waals surface area contributed by atoms with E-state index in [0.29, 0.717) is 29.7 Å². The summed E-state index contributed by atoms with van der Waals surface area (Å²) in [6, 6.07) is 5.44. The molecule has 26 heavy (non-hydrogen) atoms. The molecule has 7 heteroatoms. The fourth-order valence-electron chi connectivity index (χ4n) is 4.10. The van der Waals surface area contributed by atoms with Gasteiger partial charge in [-0.05, 0) is 37.8 Å². The zero-order valence-corrected chi connectivity index (χ0v) is 15.5. The van der Waals surface area contributed by atoms with E-state index in [-0.39, 0.29) is 17.4 Å². The Morgan fingerprint density at radius 2 is 2.08 bits per heavy atom. The molecule has 2 atom stereocenters. The van der Waals surface area contributed by atoms with Crippen LogP contribution >= 0.6 is 0 Å². The molecule has 1 aliphatic heterocycles. The predicted molar refractivity (Wildman–Crippen MR) is 101 cm³/mol. The Kier molecular flexibility index (Phi) is 5.88. The number of benzene rings is 1. The van der Waals surface area contributed by atoms with E-state index in [1.165, 1.54) is 0 Å². The van der Waals surface area contributed by atoms with Crippen molar-refractivity contribution in [2.75, 3.05) is 39.3 Å². The van der Waals surface area contributed by atoms with Gasteiger partial charge >= 0.3 is 0 Å². The maximum atomic E-state index is 10.8. The lowest BCUT2D eigenvalue weighted by molar-refractivity contribution is -0.0548. The second-order valence-electron chi connectivity index (χ2n) is 7.14. The molecular formula is C19H29N3O4. The van der Waals surface area contributed by atoms with Crippen LogP contribution in [0.2, 0.25) is 0 Å². The van der Waals surface area contributed by atoms with E-state index < -0.39 is 0 Å². The van der Waals surface area contributed by atoms with Crippen molar-refractivity contribution in [3.63, 3.8) is 0 Å². The lowest BCUT2D eigenvalue weighted by Gasteiger charge is -2.37. The maximum absolute atomic E-state index is 10.8. The second-order valence-corrected chi connectivity index (χ2v) is 7.14. The van der Waals surface area contributed by atoms with Crippen LogP contribution in [-0.2, 0) is 4.74 Å². The van der Waals surface area contributed by atoms with Crippen LogP contribution in [0.4, 0.5) is 5.69 Å². The van der Waals surface area contributed by atoms with Crippen LogP contribution in [0.1, 0.15) is 25.7 Å². The second kappa shape index (κ2) is 8.14. The summed E-state index contributed by atoms with van der Waals surface area (Å²) < 4.78 is 16.0. The Bertz CT molecular complexity index is 644. The Morgan fingerprint density at radius 1 is 1.31 bits per heavy atom. The maximum Gasteiger partial charge on any atom is 0.193 e. The fourth-order valence-corrected chi connectivity index (χ4v) is 4.10. The van der Waals surface area contributed by atoms with Gasteiger partial charge in [-0.1, -0.05) is 0 Å². The molecule has 1 saturated carbocycles. The number of nitrogens with two attached hydrogens (primary N) is 1. The van der Waals surface area contributed by atoms with Gasteiger partial charge in [0, 0.05) is 37.2 Å². The number of hydrogen-bond acceptors (Lipinski definition) is 5. The number of aliphatic imine (C=N–C) groups is 1. The van der Waals surface area contributed by atoms with Crippen molar-refractivity contribution < 1.29 is 19.3 Å². The Balaban J connectivity index is 1.62. The number of anilines is 1. The summed E-state index contributed by atoms with van der Waals surface area (Å²) in [6.07, 6.45) is 3.54. The van der Waals surface area contributed by atoms with E-state index in [1.54, 1.807) is 14.2 Å². The summed E-state index contributed by atoms with van der Waals surface area (Å²) in [5.74, 6) is 1.80.